The molecule has 0 saturated heterocycles. The van der Waals surface area contributed by atoms with Crippen LogP contribution in [0.2, 0.25) is 0 Å². The van der Waals surface area contributed by atoms with E-state index in [4.69, 9.17) is 18.9 Å². The van der Waals surface area contributed by atoms with Gasteiger partial charge in [-0.25, -0.2) is 5.43 Å². The summed E-state index contributed by atoms with van der Waals surface area (Å²) in [5, 5.41) is 4.12. The minimum absolute atomic E-state index is 0.366. The molecule has 0 saturated carbocycles. The highest BCUT2D eigenvalue weighted by molar-refractivity contribution is 5.95. The lowest BCUT2D eigenvalue weighted by atomic mass is 10.2. The normalized spacial score (nSPS) is 10.7. The van der Waals surface area contributed by atoms with Gasteiger partial charge in [-0.15, -0.1) is 0 Å². The van der Waals surface area contributed by atoms with Crippen molar-refractivity contribution in [2.75, 3.05) is 13.2 Å². The number of ether oxygens (including phenoxy) is 4. The molecule has 4 rings (SSSR count). The molecule has 200 valence electrons. The van der Waals surface area contributed by atoms with E-state index in [-0.39, 0.29) is 5.91 Å². The lowest BCUT2D eigenvalue weighted by Gasteiger charge is -2.13. The maximum atomic E-state index is 12.8. The third kappa shape index (κ3) is 8.10. The zero-order valence-electron chi connectivity index (χ0n) is 22.1. The second kappa shape index (κ2) is 14.2. The van der Waals surface area contributed by atoms with Crippen LogP contribution in [-0.4, -0.2) is 25.3 Å². The van der Waals surface area contributed by atoms with Gasteiger partial charge in [0.25, 0.3) is 5.91 Å². The summed E-state index contributed by atoms with van der Waals surface area (Å²) in [5.41, 5.74) is 5.84. The molecule has 0 bridgehead atoms. The second-order valence-corrected chi connectivity index (χ2v) is 8.48. The Morgan fingerprint density at radius 3 is 1.77 bits per heavy atom. The molecule has 0 aliphatic carbocycles. The molecule has 39 heavy (non-hydrogen) atoms. The quantitative estimate of drug-likeness (QED) is 0.162. The van der Waals surface area contributed by atoms with Crippen LogP contribution >= 0.6 is 0 Å². The van der Waals surface area contributed by atoms with Gasteiger partial charge in [0.2, 0.25) is 0 Å². The standard InChI is InChI=1S/C32H32N2O5/c1-3-36-30-19-26(15-17-28(30)38-22-24-11-7-5-8-12-24)21-33-34-32(35)27-16-18-29(31(20-27)37-4-2)39-23-25-13-9-6-10-14-25/h5-21H,3-4,22-23H2,1-2H3,(H,34,35)/b33-21+. The molecule has 0 unspecified atom stereocenters. The molecule has 7 nitrogen and oxygen atoms in total. The highest BCUT2D eigenvalue weighted by Gasteiger charge is 2.12. The van der Waals surface area contributed by atoms with Gasteiger partial charge in [-0.2, -0.15) is 5.10 Å². The Bertz CT molecular complexity index is 1370. The first-order valence-corrected chi connectivity index (χ1v) is 12.9. The van der Waals surface area contributed by atoms with E-state index < -0.39 is 0 Å². The molecule has 0 spiro atoms. The first-order valence-electron chi connectivity index (χ1n) is 12.9. The van der Waals surface area contributed by atoms with E-state index in [0.29, 0.717) is 55.0 Å². The van der Waals surface area contributed by atoms with Gasteiger partial charge in [0, 0.05) is 5.56 Å². The highest BCUT2D eigenvalue weighted by atomic mass is 16.5. The van der Waals surface area contributed by atoms with Crippen molar-refractivity contribution in [3.8, 4) is 23.0 Å². The zero-order chi connectivity index (χ0) is 27.3. The molecule has 4 aromatic rings. The van der Waals surface area contributed by atoms with Gasteiger partial charge in [-0.1, -0.05) is 60.7 Å². The maximum absolute atomic E-state index is 12.8. The van der Waals surface area contributed by atoms with Gasteiger partial charge in [0.15, 0.2) is 23.0 Å². The Hall–Kier alpha value is -4.78. The summed E-state index contributed by atoms with van der Waals surface area (Å²) in [5.74, 6) is 1.95. The van der Waals surface area contributed by atoms with E-state index >= 15 is 0 Å². The van der Waals surface area contributed by atoms with E-state index in [9.17, 15) is 4.79 Å². The van der Waals surface area contributed by atoms with E-state index in [0.717, 1.165) is 16.7 Å². The summed E-state index contributed by atoms with van der Waals surface area (Å²) < 4.78 is 23.4. The summed E-state index contributed by atoms with van der Waals surface area (Å²) in [6.07, 6.45) is 1.56. The van der Waals surface area contributed by atoms with Crippen LogP contribution in [-0.2, 0) is 13.2 Å². The first kappa shape index (κ1) is 27.3. The molecule has 0 aliphatic rings. The number of rotatable bonds is 13. The Labute approximate surface area is 229 Å². The first-order chi connectivity index (χ1) is 19.2. The van der Waals surface area contributed by atoms with Crippen LogP contribution < -0.4 is 24.4 Å². The summed E-state index contributed by atoms with van der Waals surface area (Å²) in [6, 6.07) is 30.4. The SMILES string of the molecule is CCOc1cc(/C=N/NC(=O)c2ccc(OCc3ccccc3)c(OCC)c2)ccc1OCc1ccccc1. The molecule has 4 aromatic carbocycles. The lowest BCUT2D eigenvalue weighted by Crippen LogP contribution is -2.17. The number of benzene rings is 4. The third-order valence-electron chi connectivity index (χ3n) is 5.63. The van der Waals surface area contributed by atoms with E-state index in [1.54, 1.807) is 24.4 Å². The van der Waals surface area contributed by atoms with Crippen LogP contribution in [0.15, 0.2) is 102 Å². The van der Waals surface area contributed by atoms with Crippen LogP contribution in [0.5, 0.6) is 23.0 Å². The van der Waals surface area contributed by atoms with E-state index in [1.165, 1.54) is 0 Å². The number of hydrogen-bond donors (Lipinski definition) is 1. The smallest absolute Gasteiger partial charge is 0.271 e. The van der Waals surface area contributed by atoms with Gasteiger partial charge in [0.1, 0.15) is 13.2 Å². The summed E-state index contributed by atoms with van der Waals surface area (Å²) in [7, 11) is 0. The van der Waals surface area contributed by atoms with Gasteiger partial charge in [-0.3, -0.25) is 4.79 Å². The second-order valence-electron chi connectivity index (χ2n) is 8.48. The van der Waals surface area contributed by atoms with Gasteiger partial charge in [-0.05, 0) is 66.9 Å². The number of nitrogens with one attached hydrogen (secondary N) is 1. The molecule has 0 radical (unpaired) electrons. The molecular weight excluding hydrogens is 492 g/mol. The lowest BCUT2D eigenvalue weighted by molar-refractivity contribution is 0.0954. The van der Waals surface area contributed by atoms with Crippen molar-refractivity contribution in [3.05, 3.63) is 119 Å². The molecule has 0 heterocycles. The van der Waals surface area contributed by atoms with Gasteiger partial charge < -0.3 is 18.9 Å². The molecule has 1 N–H and O–H groups in total. The van der Waals surface area contributed by atoms with Crippen LogP contribution in [0.25, 0.3) is 0 Å². The molecular formula is C32H32N2O5. The number of nitrogens with zero attached hydrogens (tertiary/aromatic N) is 1. The Balaban J connectivity index is 1.38. The predicted octanol–water partition coefficient (Wildman–Crippen LogP) is 6.41. The topological polar surface area (TPSA) is 78.4 Å². The van der Waals surface area contributed by atoms with Crippen LogP contribution in [0.3, 0.4) is 0 Å². The fourth-order valence-electron chi connectivity index (χ4n) is 3.73. The Morgan fingerprint density at radius 1 is 0.667 bits per heavy atom. The number of amides is 1. The summed E-state index contributed by atoms with van der Waals surface area (Å²) >= 11 is 0. The van der Waals surface area contributed by atoms with Crippen molar-refractivity contribution in [3.63, 3.8) is 0 Å². The Kier molecular flexibility index (Phi) is 9.95. The van der Waals surface area contributed by atoms with Crippen molar-refractivity contribution in [1.82, 2.24) is 5.43 Å². The summed E-state index contributed by atoms with van der Waals surface area (Å²) in [6.45, 7) is 5.56. The number of hydrazone groups is 1. The van der Waals surface area contributed by atoms with Gasteiger partial charge >= 0.3 is 0 Å². The minimum atomic E-state index is -0.366. The Morgan fingerprint density at radius 2 is 1.21 bits per heavy atom. The minimum Gasteiger partial charge on any atom is -0.490 e. The largest absolute Gasteiger partial charge is 0.490 e. The predicted molar refractivity (Wildman–Crippen MR) is 152 cm³/mol. The average molecular weight is 525 g/mol. The molecule has 7 heteroatoms. The van der Waals surface area contributed by atoms with Crippen molar-refractivity contribution in [1.29, 1.82) is 0 Å². The average Bonchev–Trinajstić information content (AvgIpc) is 2.97. The third-order valence-corrected chi connectivity index (χ3v) is 5.63. The van der Waals surface area contributed by atoms with Crippen LogP contribution in [0.4, 0.5) is 0 Å². The molecule has 0 fully saturated rings. The zero-order valence-corrected chi connectivity index (χ0v) is 22.1. The number of carbonyl (C=O) groups is 1. The fraction of sp³-hybridized carbons (Fsp3) is 0.188. The van der Waals surface area contributed by atoms with Crippen molar-refractivity contribution >= 4 is 12.1 Å². The number of carbonyl (C=O) groups excluding carboxylic acids is 1. The van der Waals surface area contributed by atoms with Crippen LogP contribution in [0, 0.1) is 0 Å². The van der Waals surface area contributed by atoms with E-state index in [2.05, 4.69) is 10.5 Å². The summed E-state index contributed by atoms with van der Waals surface area (Å²) in [4.78, 5) is 12.8. The van der Waals surface area contributed by atoms with E-state index in [1.807, 2.05) is 92.7 Å². The molecule has 0 atom stereocenters. The van der Waals surface area contributed by atoms with Gasteiger partial charge in [0.05, 0.1) is 19.4 Å². The molecule has 1 amide bonds. The van der Waals surface area contributed by atoms with Crippen LogP contribution in [0.1, 0.15) is 40.9 Å². The highest BCUT2D eigenvalue weighted by Crippen LogP contribution is 2.30. The van der Waals surface area contributed by atoms with Crippen molar-refractivity contribution in [2.45, 2.75) is 27.1 Å². The monoisotopic (exact) mass is 524 g/mol. The molecule has 0 aliphatic heterocycles. The maximum Gasteiger partial charge on any atom is 0.271 e. The fourth-order valence-corrected chi connectivity index (χ4v) is 3.73. The molecule has 0 aromatic heterocycles. The number of hydrogen-bond acceptors (Lipinski definition) is 6. The van der Waals surface area contributed by atoms with Crippen molar-refractivity contribution in [2.24, 2.45) is 5.10 Å². The van der Waals surface area contributed by atoms with Crippen molar-refractivity contribution < 1.29 is 23.7 Å².